The number of rotatable bonds is 4. The lowest BCUT2D eigenvalue weighted by molar-refractivity contribution is 0.426. The third kappa shape index (κ3) is 2.27. The Bertz CT molecular complexity index is 405. The number of nitrogens with zero attached hydrogens (tertiary/aromatic N) is 2. The van der Waals surface area contributed by atoms with E-state index in [1.165, 1.54) is 0 Å². The summed E-state index contributed by atoms with van der Waals surface area (Å²) in [5.41, 5.74) is 1.16. The van der Waals surface area contributed by atoms with Crippen LogP contribution in [0.2, 0.25) is 0 Å². The molecule has 0 saturated carbocycles. The highest BCUT2D eigenvalue weighted by molar-refractivity contribution is 5.05. The summed E-state index contributed by atoms with van der Waals surface area (Å²) in [5.74, 6) is 0.956. The summed E-state index contributed by atoms with van der Waals surface area (Å²) in [6.45, 7) is 2.87. The van der Waals surface area contributed by atoms with Crippen LogP contribution in [0.1, 0.15) is 24.4 Å². The van der Waals surface area contributed by atoms with Gasteiger partial charge < -0.3 is 9.73 Å². The largest absolute Gasteiger partial charge is 0.468 e. The van der Waals surface area contributed by atoms with E-state index < -0.39 is 0 Å². The molecule has 0 aliphatic carbocycles. The van der Waals surface area contributed by atoms with Gasteiger partial charge in [-0.05, 0) is 25.1 Å². The van der Waals surface area contributed by atoms with Crippen molar-refractivity contribution >= 4 is 0 Å². The predicted octanol–water partition coefficient (Wildman–Crippen LogP) is 1.86. The molecule has 1 atom stereocenters. The van der Waals surface area contributed by atoms with Crippen LogP contribution in [0.3, 0.4) is 0 Å². The van der Waals surface area contributed by atoms with Crippen LogP contribution in [0.4, 0.5) is 0 Å². The summed E-state index contributed by atoms with van der Waals surface area (Å²) in [6.07, 6.45) is 3.49. The highest BCUT2D eigenvalue weighted by atomic mass is 16.3. The van der Waals surface area contributed by atoms with Crippen molar-refractivity contribution in [3.63, 3.8) is 0 Å². The summed E-state index contributed by atoms with van der Waals surface area (Å²) >= 11 is 0. The summed E-state index contributed by atoms with van der Waals surface area (Å²) in [7, 11) is 1.94. The Hall–Kier alpha value is -1.55. The van der Waals surface area contributed by atoms with Crippen molar-refractivity contribution in [3.8, 4) is 0 Å². The van der Waals surface area contributed by atoms with Gasteiger partial charge in [-0.3, -0.25) is 4.68 Å². The number of aromatic nitrogens is 2. The van der Waals surface area contributed by atoms with E-state index in [2.05, 4.69) is 17.3 Å². The lowest BCUT2D eigenvalue weighted by Crippen LogP contribution is -2.19. The molecule has 0 fully saturated rings. The SMILES string of the molecule is C[C@@H](NCc1ccnn1C)c1ccco1. The van der Waals surface area contributed by atoms with Gasteiger partial charge in [0, 0.05) is 19.8 Å². The quantitative estimate of drug-likeness (QED) is 0.828. The highest BCUT2D eigenvalue weighted by Crippen LogP contribution is 2.12. The van der Waals surface area contributed by atoms with Crippen LogP contribution >= 0.6 is 0 Å². The van der Waals surface area contributed by atoms with Crippen LogP contribution in [0.5, 0.6) is 0 Å². The number of furan rings is 1. The van der Waals surface area contributed by atoms with E-state index in [1.807, 2.05) is 29.9 Å². The van der Waals surface area contributed by atoms with Crippen molar-refractivity contribution in [3.05, 3.63) is 42.1 Å². The van der Waals surface area contributed by atoms with Gasteiger partial charge in [0.15, 0.2) is 0 Å². The van der Waals surface area contributed by atoms with Gasteiger partial charge in [-0.2, -0.15) is 5.10 Å². The maximum Gasteiger partial charge on any atom is 0.120 e. The Morgan fingerprint density at radius 2 is 2.40 bits per heavy atom. The molecule has 1 N–H and O–H groups in total. The summed E-state index contributed by atoms with van der Waals surface area (Å²) in [5, 5.41) is 7.48. The highest BCUT2D eigenvalue weighted by Gasteiger charge is 2.07. The molecule has 0 aliphatic heterocycles. The lowest BCUT2D eigenvalue weighted by Gasteiger charge is -2.10. The van der Waals surface area contributed by atoms with Crippen molar-refractivity contribution < 1.29 is 4.42 Å². The van der Waals surface area contributed by atoms with Crippen molar-refractivity contribution in [1.29, 1.82) is 0 Å². The van der Waals surface area contributed by atoms with E-state index >= 15 is 0 Å². The zero-order chi connectivity index (χ0) is 10.7. The number of nitrogens with one attached hydrogen (secondary N) is 1. The first kappa shape index (κ1) is 9.98. The average Bonchev–Trinajstić information content (AvgIpc) is 2.85. The van der Waals surface area contributed by atoms with E-state index in [0.717, 1.165) is 18.0 Å². The molecule has 0 bridgehead atoms. The second-order valence-electron chi connectivity index (χ2n) is 3.56. The molecule has 0 radical (unpaired) electrons. The fraction of sp³-hybridized carbons (Fsp3) is 0.364. The topological polar surface area (TPSA) is 43.0 Å². The third-order valence-corrected chi connectivity index (χ3v) is 2.48. The number of hydrogen-bond acceptors (Lipinski definition) is 3. The van der Waals surface area contributed by atoms with E-state index in [4.69, 9.17) is 4.42 Å². The molecule has 0 saturated heterocycles. The number of aryl methyl sites for hydroxylation is 1. The Balaban J connectivity index is 1.91. The maximum absolute atomic E-state index is 5.31. The van der Waals surface area contributed by atoms with Crippen LogP contribution in [-0.2, 0) is 13.6 Å². The minimum Gasteiger partial charge on any atom is -0.468 e. The normalized spacial score (nSPS) is 12.9. The van der Waals surface area contributed by atoms with Crippen molar-refractivity contribution in [2.24, 2.45) is 7.05 Å². The average molecular weight is 205 g/mol. The monoisotopic (exact) mass is 205 g/mol. The van der Waals surface area contributed by atoms with Gasteiger partial charge in [-0.15, -0.1) is 0 Å². The molecule has 0 spiro atoms. The van der Waals surface area contributed by atoms with E-state index in [-0.39, 0.29) is 6.04 Å². The lowest BCUT2D eigenvalue weighted by atomic mass is 10.2. The maximum atomic E-state index is 5.31. The van der Waals surface area contributed by atoms with Crippen LogP contribution in [0, 0.1) is 0 Å². The van der Waals surface area contributed by atoms with Crippen LogP contribution in [-0.4, -0.2) is 9.78 Å². The molecule has 0 unspecified atom stereocenters. The summed E-state index contributed by atoms with van der Waals surface area (Å²) in [4.78, 5) is 0. The fourth-order valence-electron chi connectivity index (χ4n) is 1.47. The number of hydrogen-bond donors (Lipinski definition) is 1. The van der Waals surface area contributed by atoms with Gasteiger partial charge in [0.1, 0.15) is 5.76 Å². The molecular weight excluding hydrogens is 190 g/mol. The first-order chi connectivity index (χ1) is 7.27. The van der Waals surface area contributed by atoms with Crippen molar-refractivity contribution in [2.75, 3.05) is 0 Å². The zero-order valence-electron chi connectivity index (χ0n) is 8.97. The Morgan fingerprint density at radius 1 is 1.53 bits per heavy atom. The standard InChI is InChI=1S/C11H15N3O/c1-9(11-4-3-7-15-11)12-8-10-5-6-13-14(10)2/h3-7,9,12H,8H2,1-2H3/t9-/m1/s1. The second kappa shape index (κ2) is 4.31. The van der Waals surface area contributed by atoms with Crippen LogP contribution < -0.4 is 5.32 Å². The molecule has 15 heavy (non-hydrogen) atoms. The zero-order valence-corrected chi connectivity index (χ0v) is 8.97. The smallest absolute Gasteiger partial charge is 0.120 e. The molecular formula is C11H15N3O. The van der Waals surface area contributed by atoms with Gasteiger partial charge in [0.05, 0.1) is 18.0 Å². The first-order valence-corrected chi connectivity index (χ1v) is 5.01. The summed E-state index contributed by atoms with van der Waals surface area (Å²) in [6, 6.07) is 6.09. The Labute approximate surface area is 88.9 Å². The Morgan fingerprint density at radius 3 is 3.00 bits per heavy atom. The van der Waals surface area contributed by atoms with Gasteiger partial charge in [-0.1, -0.05) is 0 Å². The van der Waals surface area contributed by atoms with Gasteiger partial charge >= 0.3 is 0 Å². The van der Waals surface area contributed by atoms with E-state index in [9.17, 15) is 0 Å². The van der Waals surface area contributed by atoms with Crippen molar-refractivity contribution in [1.82, 2.24) is 15.1 Å². The van der Waals surface area contributed by atoms with Crippen LogP contribution in [0.25, 0.3) is 0 Å². The molecule has 0 aliphatic rings. The van der Waals surface area contributed by atoms with Gasteiger partial charge in [-0.25, -0.2) is 0 Å². The van der Waals surface area contributed by atoms with Crippen LogP contribution in [0.15, 0.2) is 35.1 Å². The molecule has 0 aromatic carbocycles. The molecule has 2 heterocycles. The molecule has 2 aromatic heterocycles. The van der Waals surface area contributed by atoms with Crippen molar-refractivity contribution in [2.45, 2.75) is 19.5 Å². The first-order valence-electron chi connectivity index (χ1n) is 5.01. The molecule has 0 amide bonds. The van der Waals surface area contributed by atoms with E-state index in [1.54, 1.807) is 12.5 Å². The second-order valence-corrected chi connectivity index (χ2v) is 3.56. The Kier molecular flexibility index (Phi) is 2.87. The molecule has 4 nitrogen and oxygen atoms in total. The fourth-order valence-corrected chi connectivity index (χ4v) is 1.47. The third-order valence-electron chi connectivity index (χ3n) is 2.48. The molecule has 2 aromatic rings. The minimum atomic E-state index is 0.218. The van der Waals surface area contributed by atoms with Gasteiger partial charge in [0.2, 0.25) is 0 Å². The van der Waals surface area contributed by atoms with Gasteiger partial charge in [0.25, 0.3) is 0 Å². The molecule has 2 rings (SSSR count). The van der Waals surface area contributed by atoms with E-state index in [0.29, 0.717) is 0 Å². The summed E-state index contributed by atoms with van der Waals surface area (Å²) < 4.78 is 7.17. The molecule has 80 valence electrons. The predicted molar refractivity (Wildman–Crippen MR) is 57.2 cm³/mol. The minimum absolute atomic E-state index is 0.218. The molecule has 4 heteroatoms.